The van der Waals surface area contributed by atoms with E-state index in [4.69, 9.17) is 0 Å². The van der Waals surface area contributed by atoms with Gasteiger partial charge in [-0.15, -0.1) is 11.3 Å². The monoisotopic (exact) mass is 353 g/mol. The first-order valence-corrected chi connectivity index (χ1v) is 9.87. The van der Waals surface area contributed by atoms with E-state index in [1.54, 1.807) is 4.90 Å². The first kappa shape index (κ1) is 16.1. The number of amides is 1. The zero-order chi connectivity index (χ0) is 16.4. The van der Waals surface area contributed by atoms with Crippen LogP contribution in [0.5, 0.6) is 0 Å². The summed E-state index contributed by atoms with van der Waals surface area (Å²) in [6.07, 6.45) is 0.385. The van der Waals surface area contributed by atoms with Crippen molar-refractivity contribution in [2.45, 2.75) is 11.7 Å². The zero-order valence-electron chi connectivity index (χ0n) is 12.3. The minimum atomic E-state index is -3.28. The summed E-state index contributed by atoms with van der Waals surface area (Å²) < 4.78 is 37.9. The predicted molar refractivity (Wildman–Crippen MR) is 87.8 cm³/mol. The van der Waals surface area contributed by atoms with Crippen molar-refractivity contribution in [3.05, 3.63) is 58.0 Å². The molecule has 1 saturated heterocycles. The van der Waals surface area contributed by atoms with Crippen LogP contribution < -0.4 is 0 Å². The van der Waals surface area contributed by atoms with Crippen LogP contribution in [0.4, 0.5) is 4.39 Å². The molecule has 0 N–H and O–H groups in total. The summed E-state index contributed by atoms with van der Waals surface area (Å²) in [5.41, 5.74) is 0.373. The Morgan fingerprint density at radius 3 is 2.57 bits per heavy atom. The number of sulfone groups is 1. The number of halogens is 1. The Morgan fingerprint density at radius 1 is 1.17 bits per heavy atom. The fourth-order valence-electron chi connectivity index (χ4n) is 2.72. The van der Waals surface area contributed by atoms with E-state index < -0.39 is 20.9 Å². The second-order valence-corrected chi connectivity index (χ2v) is 8.74. The molecule has 0 spiro atoms. The lowest BCUT2D eigenvalue weighted by atomic mass is 10.1. The van der Waals surface area contributed by atoms with Crippen molar-refractivity contribution >= 4 is 27.1 Å². The zero-order valence-corrected chi connectivity index (χ0v) is 13.9. The van der Waals surface area contributed by atoms with E-state index in [-0.39, 0.29) is 18.2 Å². The number of carbonyl (C=O) groups excluding carboxylic acids is 1. The van der Waals surface area contributed by atoms with Crippen molar-refractivity contribution in [2.75, 3.05) is 18.8 Å². The highest BCUT2D eigenvalue weighted by Crippen LogP contribution is 2.32. The van der Waals surface area contributed by atoms with Gasteiger partial charge in [-0.1, -0.05) is 6.07 Å². The molecule has 1 unspecified atom stereocenters. The van der Waals surface area contributed by atoms with Crippen molar-refractivity contribution in [1.82, 2.24) is 4.90 Å². The average molecular weight is 353 g/mol. The lowest BCUT2D eigenvalue weighted by molar-refractivity contribution is 0.0766. The molecular formula is C16H16FNO3S2. The number of benzene rings is 1. The molecule has 122 valence electrons. The number of thiophene rings is 1. The van der Waals surface area contributed by atoms with Crippen LogP contribution in [0.1, 0.15) is 26.9 Å². The van der Waals surface area contributed by atoms with E-state index >= 15 is 0 Å². The standard InChI is InChI=1S/C16H16FNO3S2/c17-13-5-3-12(4-6-13)16(19)18-8-7-15(14-2-1-10-22-14)23(20,21)11-9-18/h1-6,10,15H,7-9,11H2. The highest BCUT2D eigenvalue weighted by molar-refractivity contribution is 7.91. The van der Waals surface area contributed by atoms with Crippen molar-refractivity contribution in [1.29, 1.82) is 0 Å². The molecule has 1 amide bonds. The highest BCUT2D eigenvalue weighted by Gasteiger charge is 2.33. The SMILES string of the molecule is O=C(c1ccc(F)cc1)N1CCC(c2cccs2)S(=O)(=O)CC1. The van der Waals surface area contributed by atoms with Gasteiger partial charge >= 0.3 is 0 Å². The maximum Gasteiger partial charge on any atom is 0.253 e. The first-order chi connectivity index (χ1) is 11.0. The topological polar surface area (TPSA) is 54.5 Å². The molecule has 0 aliphatic carbocycles. The Hall–Kier alpha value is -1.73. The molecule has 2 aromatic rings. The second kappa shape index (κ2) is 6.41. The summed E-state index contributed by atoms with van der Waals surface area (Å²) in [6.45, 7) is 0.540. The van der Waals surface area contributed by atoms with Gasteiger partial charge in [0.25, 0.3) is 5.91 Å². The lowest BCUT2D eigenvalue weighted by Gasteiger charge is -2.20. The van der Waals surface area contributed by atoms with Gasteiger partial charge in [-0.25, -0.2) is 12.8 Å². The largest absolute Gasteiger partial charge is 0.338 e. The van der Waals surface area contributed by atoms with Gasteiger partial charge in [0.05, 0.1) is 11.0 Å². The van der Waals surface area contributed by atoms with E-state index in [1.165, 1.54) is 35.6 Å². The summed E-state index contributed by atoms with van der Waals surface area (Å²) >= 11 is 1.42. The van der Waals surface area contributed by atoms with E-state index in [0.717, 1.165) is 4.88 Å². The van der Waals surface area contributed by atoms with Crippen LogP contribution in [0, 0.1) is 5.82 Å². The fourth-order valence-corrected chi connectivity index (χ4v) is 5.72. The molecule has 1 fully saturated rings. The van der Waals surface area contributed by atoms with Crippen molar-refractivity contribution in [2.24, 2.45) is 0 Å². The third kappa shape index (κ3) is 3.45. The van der Waals surface area contributed by atoms with Crippen molar-refractivity contribution < 1.29 is 17.6 Å². The smallest absolute Gasteiger partial charge is 0.253 e. The Kier molecular flexibility index (Phi) is 4.50. The minimum absolute atomic E-state index is 0.0531. The Morgan fingerprint density at radius 2 is 1.91 bits per heavy atom. The summed E-state index contributed by atoms with van der Waals surface area (Å²) in [5, 5.41) is 1.31. The lowest BCUT2D eigenvalue weighted by Crippen LogP contribution is -2.33. The van der Waals surface area contributed by atoms with Crippen molar-refractivity contribution in [3.8, 4) is 0 Å². The number of nitrogens with zero attached hydrogens (tertiary/aromatic N) is 1. The van der Waals surface area contributed by atoms with Crippen LogP contribution in [0.2, 0.25) is 0 Å². The molecular weight excluding hydrogens is 337 g/mol. The molecule has 3 rings (SSSR count). The molecule has 7 heteroatoms. The maximum absolute atomic E-state index is 13.0. The van der Waals surface area contributed by atoms with E-state index in [0.29, 0.717) is 18.5 Å². The summed E-state index contributed by atoms with van der Waals surface area (Å²) in [4.78, 5) is 14.8. The molecule has 1 aromatic carbocycles. The number of rotatable bonds is 2. The third-order valence-electron chi connectivity index (χ3n) is 3.98. The molecule has 0 saturated carbocycles. The van der Waals surface area contributed by atoms with Crippen LogP contribution >= 0.6 is 11.3 Å². The summed E-state index contributed by atoms with van der Waals surface area (Å²) in [6, 6.07) is 8.97. The summed E-state index contributed by atoms with van der Waals surface area (Å²) in [5.74, 6) is -0.715. The molecule has 4 nitrogen and oxygen atoms in total. The Balaban J connectivity index is 1.80. The molecule has 0 bridgehead atoms. The first-order valence-electron chi connectivity index (χ1n) is 7.27. The molecule has 23 heavy (non-hydrogen) atoms. The van der Waals surface area contributed by atoms with Gasteiger partial charge in [0.1, 0.15) is 5.82 Å². The second-order valence-electron chi connectivity index (χ2n) is 5.46. The fraction of sp³-hybridized carbons (Fsp3) is 0.312. The molecule has 2 heterocycles. The van der Waals surface area contributed by atoms with Gasteiger partial charge in [0.2, 0.25) is 0 Å². The van der Waals surface area contributed by atoms with E-state index in [9.17, 15) is 17.6 Å². The summed E-state index contributed by atoms with van der Waals surface area (Å²) in [7, 11) is -3.28. The number of carbonyl (C=O) groups is 1. The van der Waals surface area contributed by atoms with Gasteiger partial charge in [-0.3, -0.25) is 4.79 Å². The van der Waals surface area contributed by atoms with Crippen molar-refractivity contribution in [3.63, 3.8) is 0 Å². The van der Waals surface area contributed by atoms with Crippen LogP contribution in [0.3, 0.4) is 0 Å². The third-order valence-corrected chi connectivity index (χ3v) is 7.22. The molecule has 1 aliphatic rings. The van der Waals surface area contributed by atoms with Gasteiger partial charge in [-0.2, -0.15) is 0 Å². The number of hydrogen-bond donors (Lipinski definition) is 0. The average Bonchev–Trinajstić information content (AvgIpc) is 2.99. The predicted octanol–water partition coefficient (Wildman–Crippen LogP) is 2.89. The van der Waals surface area contributed by atoms with Crippen LogP contribution in [-0.2, 0) is 9.84 Å². The molecule has 1 aromatic heterocycles. The van der Waals surface area contributed by atoms with Crippen LogP contribution in [0.25, 0.3) is 0 Å². The molecule has 0 radical (unpaired) electrons. The van der Waals surface area contributed by atoms with Gasteiger partial charge < -0.3 is 4.90 Å². The quantitative estimate of drug-likeness (QED) is 0.834. The Bertz CT molecular complexity index is 785. The van der Waals surface area contributed by atoms with Crippen LogP contribution in [0.15, 0.2) is 41.8 Å². The normalized spacial score (nSPS) is 20.9. The van der Waals surface area contributed by atoms with Gasteiger partial charge in [0.15, 0.2) is 9.84 Å². The highest BCUT2D eigenvalue weighted by atomic mass is 32.2. The van der Waals surface area contributed by atoms with Gasteiger partial charge in [0, 0.05) is 23.5 Å². The van der Waals surface area contributed by atoms with E-state index in [1.807, 2.05) is 17.5 Å². The molecule has 1 aliphatic heterocycles. The van der Waals surface area contributed by atoms with Crippen LogP contribution in [-0.4, -0.2) is 38.1 Å². The van der Waals surface area contributed by atoms with E-state index in [2.05, 4.69) is 0 Å². The minimum Gasteiger partial charge on any atom is -0.338 e. The van der Waals surface area contributed by atoms with Gasteiger partial charge in [-0.05, 0) is 42.1 Å². The molecule has 1 atom stereocenters. The number of hydrogen-bond acceptors (Lipinski definition) is 4. The Labute approximate surface area is 138 Å². The maximum atomic E-state index is 13.0.